The minimum Gasteiger partial charge on any atom is -0.467 e. The van der Waals surface area contributed by atoms with E-state index in [0.717, 1.165) is 0 Å². The molecule has 2 atom stereocenters. The Labute approximate surface area is 113 Å². The standard InChI is InChI=1S/C13H23NO5/c1-8(2)7-11(16)12(17)14-10(13(18)19-4)6-5-9(3)15/h8,10-11,16H,5-7H2,1-4H3,(H,14,17)/t10-,11-/m1/s1. The van der Waals surface area contributed by atoms with Gasteiger partial charge in [0, 0.05) is 6.42 Å². The number of aliphatic hydroxyl groups is 1. The Kier molecular flexibility index (Phi) is 7.98. The molecule has 0 heterocycles. The van der Waals surface area contributed by atoms with Crippen LogP contribution in [0.2, 0.25) is 0 Å². The number of carbonyl (C=O) groups is 3. The smallest absolute Gasteiger partial charge is 0.328 e. The summed E-state index contributed by atoms with van der Waals surface area (Å²) < 4.78 is 4.56. The van der Waals surface area contributed by atoms with Crippen LogP contribution >= 0.6 is 0 Å². The Bertz CT molecular complexity index is 327. The maximum atomic E-state index is 11.7. The topological polar surface area (TPSA) is 92.7 Å². The summed E-state index contributed by atoms with van der Waals surface area (Å²) in [5, 5.41) is 12.1. The van der Waals surface area contributed by atoms with E-state index in [9.17, 15) is 19.5 Å². The SMILES string of the molecule is COC(=O)[C@@H](CCC(C)=O)NC(=O)[C@H](O)CC(C)C. The Morgan fingerprint density at radius 1 is 1.26 bits per heavy atom. The molecule has 0 unspecified atom stereocenters. The number of ether oxygens (including phenoxy) is 1. The second-order valence-corrected chi connectivity index (χ2v) is 4.97. The fraction of sp³-hybridized carbons (Fsp3) is 0.769. The van der Waals surface area contributed by atoms with E-state index in [-0.39, 0.29) is 24.5 Å². The molecule has 110 valence electrons. The highest BCUT2D eigenvalue weighted by atomic mass is 16.5. The van der Waals surface area contributed by atoms with Crippen LogP contribution in [-0.2, 0) is 19.1 Å². The second-order valence-electron chi connectivity index (χ2n) is 4.97. The van der Waals surface area contributed by atoms with Crippen LogP contribution in [0.5, 0.6) is 0 Å². The highest BCUT2D eigenvalue weighted by Gasteiger charge is 2.25. The number of ketones is 1. The molecule has 19 heavy (non-hydrogen) atoms. The summed E-state index contributed by atoms with van der Waals surface area (Å²) >= 11 is 0. The predicted octanol–water partition coefficient (Wildman–Crippen LogP) is 0.420. The van der Waals surface area contributed by atoms with Gasteiger partial charge in [0.15, 0.2) is 0 Å². The largest absolute Gasteiger partial charge is 0.467 e. The molecule has 0 aromatic heterocycles. The molecule has 0 rings (SSSR count). The maximum Gasteiger partial charge on any atom is 0.328 e. The van der Waals surface area contributed by atoms with Gasteiger partial charge in [0.25, 0.3) is 0 Å². The highest BCUT2D eigenvalue weighted by molar-refractivity contribution is 5.87. The van der Waals surface area contributed by atoms with E-state index in [1.165, 1.54) is 14.0 Å². The van der Waals surface area contributed by atoms with Gasteiger partial charge in [-0.25, -0.2) is 4.79 Å². The zero-order valence-corrected chi connectivity index (χ0v) is 11.9. The number of nitrogens with one attached hydrogen (secondary N) is 1. The van der Waals surface area contributed by atoms with Gasteiger partial charge < -0.3 is 20.0 Å². The first-order valence-electron chi connectivity index (χ1n) is 6.33. The van der Waals surface area contributed by atoms with Gasteiger partial charge in [-0.3, -0.25) is 4.79 Å². The molecule has 0 radical (unpaired) electrons. The van der Waals surface area contributed by atoms with E-state index < -0.39 is 24.0 Å². The molecule has 0 saturated carbocycles. The average Bonchev–Trinajstić information content (AvgIpc) is 2.31. The van der Waals surface area contributed by atoms with E-state index >= 15 is 0 Å². The molecular weight excluding hydrogens is 250 g/mol. The minimum atomic E-state index is -1.16. The Balaban J connectivity index is 4.49. The minimum absolute atomic E-state index is 0.0779. The molecule has 0 saturated heterocycles. The van der Waals surface area contributed by atoms with Crippen LogP contribution in [0.3, 0.4) is 0 Å². The van der Waals surface area contributed by atoms with Crippen molar-refractivity contribution in [3.05, 3.63) is 0 Å². The van der Waals surface area contributed by atoms with Crippen LogP contribution in [0.1, 0.15) is 40.0 Å². The molecule has 0 fully saturated rings. The quantitative estimate of drug-likeness (QED) is 0.625. The summed E-state index contributed by atoms with van der Waals surface area (Å²) in [4.78, 5) is 34.1. The molecule has 0 aliphatic rings. The number of esters is 1. The summed E-state index contributed by atoms with van der Waals surface area (Å²) in [7, 11) is 1.21. The Morgan fingerprint density at radius 2 is 1.84 bits per heavy atom. The lowest BCUT2D eigenvalue weighted by Gasteiger charge is -2.19. The molecule has 2 N–H and O–H groups in total. The van der Waals surface area contributed by atoms with Crippen LogP contribution in [-0.4, -0.2) is 42.0 Å². The summed E-state index contributed by atoms with van der Waals surface area (Å²) in [6, 6.07) is -0.900. The first-order chi connectivity index (χ1) is 8.77. The van der Waals surface area contributed by atoms with E-state index in [1.54, 1.807) is 0 Å². The van der Waals surface area contributed by atoms with Crippen molar-refractivity contribution >= 4 is 17.7 Å². The van der Waals surface area contributed by atoms with Crippen molar-refractivity contribution in [2.45, 2.75) is 52.2 Å². The van der Waals surface area contributed by atoms with E-state index in [2.05, 4.69) is 10.1 Å². The first kappa shape index (κ1) is 17.6. The van der Waals surface area contributed by atoms with Gasteiger partial charge in [0.1, 0.15) is 17.9 Å². The van der Waals surface area contributed by atoms with Crippen molar-refractivity contribution in [2.75, 3.05) is 7.11 Å². The van der Waals surface area contributed by atoms with Crippen molar-refractivity contribution in [2.24, 2.45) is 5.92 Å². The van der Waals surface area contributed by atoms with Crippen LogP contribution in [0.25, 0.3) is 0 Å². The second kappa shape index (κ2) is 8.63. The van der Waals surface area contributed by atoms with Gasteiger partial charge in [-0.2, -0.15) is 0 Å². The molecule has 6 nitrogen and oxygen atoms in total. The van der Waals surface area contributed by atoms with Crippen molar-refractivity contribution in [1.82, 2.24) is 5.32 Å². The number of methoxy groups -OCH3 is 1. The van der Waals surface area contributed by atoms with Crippen LogP contribution in [0.15, 0.2) is 0 Å². The van der Waals surface area contributed by atoms with Gasteiger partial charge in [-0.1, -0.05) is 13.8 Å². The Hall–Kier alpha value is -1.43. The third-order valence-electron chi connectivity index (χ3n) is 2.58. The predicted molar refractivity (Wildman–Crippen MR) is 69.3 cm³/mol. The number of aliphatic hydroxyl groups excluding tert-OH is 1. The van der Waals surface area contributed by atoms with Gasteiger partial charge in [0.2, 0.25) is 5.91 Å². The first-order valence-corrected chi connectivity index (χ1v) is 6.33. The third kappa shape index (κ3) is 7.56. The highest BCUT2D eigenvalue weighted by Crippen LogP contribution is 2.06. The number of amides is 1. The Morgan fingerprint density at radius 3 is 2.26 bits per heavy atom. The summed E-state index contributed by atoms with van der Waals surface area (Å²) in [5.41, 5.74) is 0. The third-order valence-corrected chi connectivity index (χ3v) is 2.58. The molecule has 0 aromatic rings. The fourth-order valence-electron chi connectivity index (χ4n) is 1.56. The van der Waals surface area contributed by atoms with E-state index in [4.69, 9.17) is 0 Å². The normalized spacial score (nSPS) is 13.8. The van der Waals surface area contributed by atoms with Gasteiger partial charge in [0.05, 0.1) is 7.11 Å². The molecule has 0 aliphatic heterocycles. The zero-order valence-electron chi connectivity index (χ0n) is 11.9. The lowest BCUT2D eigenvalue weighted by atomic mass is 10.0. The number of rotatable bonds is 8. The number of Topliss-reactive ketones (excluding diaryl/α,β-unsaturated/α-hetero) is 1. The lowest BCUT2D eigenvalue weighted by molar-refractivity contribution is -0.146. The zero-order chi connectivity index (χ0) is 15.0. The lowest BCUT2D eigenvalue weighted by Crippen LogP contribution is -2.46. The van der Waals surface area contributed by atoms with Crippen molar-refractivity contribution < 1.29 is 24.2 Å². The molecule has 0 spiro atoms. The summed E-state index contributed by atoms with van der Waals surface area (Å²) in [6.45, 7) is 5.16. The monoisotopic (exact) mass is 273 g/mol. The van der Waals surface area contributed by atoms with E-state index in [0.29, 0.717) is 6.42 Å². The van der Waals surface area contributed by atoms with Crippen LogP contribution in [0, 0.1) is 5.92 Å². The molecule has 0 bridgehead atoms. The van der Waals surface area contributed by atoms with Crippen molar-refractivity contribution in [1.29, 1.82) is 0 Å². The summed E-state index contributed by atoms with van der Waals surface area (Å²) in [5.74, 6) is -1.15. The van der Waals surface area contributed by atoms with E-state index in [1.807, 2.05) is 13.8 Å². The number of hydrogen-bond acceptors (Lipinski definition) is 5. The molecule has 0 aromatic carbocycles. The van der Waals surface area contributed by atoms with Crippen molar-refractivity contribution in [3.63, 3.8) is 0 Å². The summed E-state index contributed by atoms with van der Waals surface area (Å²) in [6.07, 6.45) is -0.515. The number of carbonyl (C=O) groups excluding carboxylic acids is 3. The van der Waals surface area contributed by atoms with Crippen molar-refractivity contribution in [3.8, 4) is 0 Å². The maximum absolute atomic E-state index is 11.7. The fourth-order valence-corrected chi connectivity index (χ4v) is 1.56. The van der Waals surface area contributed by atoms with Gasteiger partial charge >= 0.3 is 5.97 Å². The molecule has 6 heteroatoms. The van der Waals surface area contributed by atoms with Crippen LogP contribution in [0.4, 0.5) is 0 Å². The van der Waals surface area contributed by atoms with Gasteiger partial charge in [-0.15, -0.1) is 0 Å². The molecular formula is C13H23NO5. The number of hydrogen-bond donors (Lipinski definition) is 2. The molecule has 1 amide bonds. The average molecular weight is 273 g/mol. The molecule has 0 aliphatic carbocycles. The van der Waals surface area contributed by atoms with Gasteiger partial charge in [-0.05, 0) is 25.7 Å². The van der Waals surface area contributed by atoms with Crippen LogP contribution < -0.4 is 5.32 Å².